The third kappa shape index (κ3) is 3.52. The highest BCUT2D eigenvalue weighted by molar-refractivity contribution is 7.13. The molecule has 0 fully saturated rings. The third-order valence-corrected chi connectivity index (χ3v) is 3.21. The molecule has 18 heavy (non-hydrogen) atoms. The van der Waals surface area contributed by atoms with Crippen LogP contribution in [0.1, 0.15) is 47.1 Å². The number of nitriles is 1. The molecule has 0 aromatic carbocycles. The summed E-state index contributed by atoms with van der Waals surface area (Å²) in [6.45, 7) is 7.97. The van der Waals surface area contributed by atoms with Gasteiger partial charge in [-0.25, -0.2) is 4.98 Å². The number of carbonyl (C=O) groups excluding carboxylic acids is 1. The van der Waals surface area contributed by atoms with Crippen molar-refractivity contribution in [2.45, 2.75) is 39.8 Å². The van der Waals surface area contributed by atoms with Crippen LogP contribution in [0.25, 0.3) is 0 Å². The first kappa shape index (κ1) is 14.6. The Hall–Kier alpha value is -1.45. The summed E-state index contributed by atoms with van der Waals surface area (Å²) < 4.78 is 5.08. The van der Waals surface area contributed by atoms with Crippen LogP contribution in [-0.4, -0.2) is 23.7 Å². The maximum Gasteiger partial charge on any atom is 0.266 e. The largest absolute Gasteiger partial charge is 0.346 e. The molecular formula is C12H17N3O2S. The summed E-state index contributed by atoms with van der Waals surface area (Å²) >= 11 is 1.33. The molecule has 1 aromatic rings. The van der Waals surface area contributed by atoms with Crippen LogP contribution in [0.15, 0.2) is 0 Å². The Balaban J connectivity index is 2.87. The SMILES string of the molecule is CCOC(C#N)NC(=O)c1sc(C)nc1C(C)C. The predicted octanol–water partition coefficient (Wildman–Crippen LogP) is 2.19. The second-order valence-electron chi connectivity index (χ2n) is 4.04. The minimum Gasteiger partial charge on any atom is -0.346 e. The highest BCUT2D eigenvalue weighted by Gasteiger charge is 2.21. The number of aromatic nitrogens is 1. The van der Waals surface area contributed by atoms with Crippen LogP contribution in [0, 0.1) is 18.3 Å². The van der Waals surface area contributed by atoms with Gasteiger partial charge in [-0.3, -0.25) is 4.79 Å². The third-order valence-electron chi connectivity index (χ3n) is 2.23. The topological polar surface area (TPSA) is 75.0 Å². The predicted molar refractivity (Wildman–Crippen MR) is 69.4 cm³/mol. The second kappa shape index (κ2) is 6.47. The molecule has 1 aromatic heterocycles. The first-order valence-corrected chi connectivity index (χ1v) is 6.60. The highest BCUT2D eigenvalue weighted by atomic mass is 32.1. The van der Waals surface area contributed by atoms with Crippen molar-refractivity contribution in [3.63, 3.8) is 0 Å². The molecule has 1 unspecified atom stereocenters. The maximum atomic E-state index is 12.1. The summed E-state index contributed by atoms with van der Waals surface area (Å²) in [5, 5.41) is 12.2. The van der Waals surface area contributed by atoms with Gasteiger partial charge in [0, 0.05) is 6.61 Å². The lowest BCUT2D eigenvalue weighted by Crippen LogP contribution is -2.35. The van der Waals surface area contributed by atoms with Gasteiger partial charge in [-0.15, -0.1) is 11.3 Å². The van der Waals surface area contributed by atoms with E-state index in [1.807, 2.05) is 26.8 Å². The lowest BCUT2D eigenvalue weighted by Gasteiger charge is -2.11. The molecule has 1 atom stereocenters. The lowest BCUT2D eigenvalue weighted by atomic mass is 10.1. The molecule has 5 nitrogen and oxygen atoms in total. The number of nitrogens with zero attached hydrogens (tertiary/aromatic N) is 2. The highest BCUT2D eigenvalue weighted by Crippen LogP contribution is 2.24. The van der Waals surface area contributed by atoms with Gasteiger partial charge >= 0.3 is 0 Å². The van der Waals surface area contributed by atoms with Gasteiger partial charge in [0.2, 0.25) is 6.23 Å². The standard InChI is InChI=1S/C12H17N3O2S/c1-5-17-9(6-13)15-12(16)11-10(7(2)3)14-8(4)18-11/h7,9H,5H2,1-4H3,(H,15,16). The first-order valence-electron chi connectivity index (χ1n) is 5.79. The average Bonchev–Trinajstić information content (AvgIpc) is 2.71. The van der Waals surface area contributed by atoms with Gasteiger partial charge < -0.3 is 10.1 Å². The molecule has 1 heterocycles. The fourth-order valence-corrected chi connectivity index (χ4v) is 2.44. The molecule has 6 heteroatoms. The van der Waals surface area contributed by atoms with Gasteiger partial charge in [0.25, 0.3) is 5.91 Å². The van der Waals surface area contributed by atoms with Gasteiger partial charge in [-0.1, -0.05) is 13.8 Å². The van der Waals surface area contributed by atoms with E-state index in [4.69, 9.17) is 10.00 Å². The summed E-state index contributed by atoms with van der Waals surface area (Å²) in [7, 11) is 0. The summed E-state index contributed by atoms with van der Waals surface area (Å²) in [6.07, 6.45) is -0.912. The fourth-order valence-electron chi connectivity index (χ4n) is 1.46. The van der Waals surface area contributed by atoms with Crippen molar-refractivity contribution >= 4 is 17.2 Å². The number of carbonyl (C=O) groups is 1. The number of thiazole rings is 1. The Kier molecular flexibility index (Phi) is 5.25. The number of hydrogen-bond donors (Lipinski definition) is 1. The number of nitrogens with one attached hydrogen (secondary N) is 1. The monoisotopic (exact) mass is 267 g/mol. The number of rotatable bonds is 5. The molecule has 1 amide bonds. The second-order valence-corrected chi connectivity index (χ2v) is 5.24. The Morgan fingerprint density at radius 2 is 2.28 bits per heavy atom. The van der Waals surface area contributed by atoms with Crippen LogP contribution in [0.2, 0.25) is 0 Å². The van der Waals surface area contributed by atoms with Gasteiger partial charge in [0.15, 0.2) is 0 Å². The van der Waals surface area contributed by atoms with Gasteiger partial charge in [-0.05, 0) is 19.8 Å². The van der Waals surface area contributed by atoms with E-state index < -0.39 is 6.23 Å². The zero-order chi connectivity index (χ0) is 13.7. The van der Waals surface area contributed by atoms with Gasteiger partial charge in [-0.2, -0.15) is 5.26 Å². The molecule has 0 aliphatic rings. The van der Waals surface area contributed by atoms with Crippen LogP contribution >= 0.6 is 11.3 Å². The number of amides is 1. The average molecular weight is 267 g/mol. The molecule has 0 bridgehead atoms. The minimum absolute atomic E-state index is 0.170. The molecule has 0 spiro atoms. The lowest BCUT2D eigenvalue weighted by molar-refractivity contribution is 0.0617. The minimum atomic E-state index is -0.912. The molecule has 1 N–H and O–H groups in total. The number of aryl methyl sites for hydroxylation is 1. The zero-order valence-electron chi connectivity index (χ0n) is 11.0. The van der Waals surface area contributed by atoms with Crippen molar-refractivity contribution in [2.24, 2.45) is 0 Å². The Morgan fingerprint density at radius 3 is 2.78 bits per heavy atom. The van der Waals surface area contributed by atoms with E-state index in [1.165, 1.54) is 11.3 Å². The van der Waals surface area contributed by atoms with E-state index in [2.05, 4.69) is 10.3 Å². The first-order chi connectivity index (χ1) is 8.49. The van der Waals surface area contributed by atoms with Crippen molar-refractivity contribution in [1.29, 1.82) is 5.26 Å². The van der Waals surface area contributed by atoms with E-state index in [1.54, 1.807) is 6.92 Å². The molecule has 0 saturated heterocycles. The number of ether oxygens (including phenoxy) is 1. The molecular weight excluding hydrogens is 250 g/mol. The Labute approximate surface area is 111 Å². The molecule has 1 rings (SSSR count). The van der Waals surface area contributed by atoms with E-state index in [0.717, 1.165) is 10.7 Å². The molecule has 0 saturated carbocycles. The summed E-state index contributed by atoms with van der Waals surface area (Å²) in [4.78, 5) is 17.0. The summed E-state index contributed by atoms with van der Waals surface area (Å²) in [5.41, 5.74) is 0.767. The Bertz CT molecular complexity index is 462. The molecule has 0 radical (unpaired) electrons. The molecule has 0 aliphatic carbocycles. The maximum absolute atomic E-state index is 12.1. The van der Waals surface area contributed by atoms with E-state index >= 15 is 0 Å². The summed E-state index contributed by atoms with van der Waals surface area (Å²) in [5.74, 6) is -0.132. The van der Waals surface area contributed by atoms with Crippen LogP contribution < -0.4 is 5.32 Å². The van der Waals surface area contributed by atoms with Crippen molar-refractivity contribution in [3.05, 3.63) is 15.6 Å². The van der Waals surface area contributed by atoms with E-state index in [-0.39, 0.29) is 11.8 Å². The van der Waals surface area contributed by atoms with E-state index in [9.17, 15) is 4.79 Å². The van der Waals surface area contributed by atoms with Crippen molar-refractivity contribution in [3.8, 4) is 6.07 Å². The van der Waals surface area contributed by atoms with Crippen LogP contribution in [0.4, 0.5) is 0 Å². The van der Waals surface area contributed by atoms with Crippen LogP contribution in [0.5, 0.6) is 0 Å². The molecule has 0 aliphatic heterocycles. The summed E-state index contributed by atoms with van der Waals surface area (Å²) in [6, 6.07) is 1.89. The van der Waals surface area contributed by atoms with Crippen LogP contribution in [-0.2, 0) is 4.74 Å². The van der Waals surface area contributed by atoms with Gasteiger partial charge in [0.05, 0.1) is 10.7 Å². The molecule has 98 valence electrons. The Morgan fingerprint density at radius 1 is 1.61 bits per heavy atom. The van der Waals surface area contributed by atoms with Crippen molar-refractivity contribution in [2.75, 3.05) is 6.61 Å². The van der Waals surface area contributed by atoms with Crippen molar-refractivity contribution < 1.29 is 9.53 Å². The van der Waals surface area contributed by atoms with E-state index in [0.29, 0.717) is 11.5 Å². The fraction of sp³-hybridized carbons (Fsp3) is 0.583. The zero-order valence-corrected chi connectivity index (χ0v) is 11.8. The van der Waals surface area contributed by atoms with Crippen LogP contribution in [0.3, 0.4) is 0 Å². The smallest absolute Gasteiger partial charge is 0.266 e. The van der Waals surface area contributed by atoms with Crippen molar-refractivity contribution in [1.82, 2.24) is 10.3 Å². The normalized spacial score (nSPS) is 12.2. The quantitative estimate of drug-likeness (QED) is 0.830. The number of hydrogen-bond acceptors (Lipinski definition) is 5. The van der Waals surface area contributed by atoms with Gasteiger partial charge in [0.1, 0.15) is 10.9 Å².